The van der Waals surface area contributed by atoms with Gasteiger partial charge in [-0.2, -0.15) is 0 Å². The quantitative estimate of drug-likeness (QED) is 0.493. The number of aliphatic hydroxyl groups excluding tert-OH is 1. The highest BCUT2D eigenvalue weighted by Gasteiger charge is 2.05. The van der Waals surface area contributed by atoms with Crippen LogP contribution in [-0.4, -0.2) is 29.9 Å². The van der Waals surface area contributed by atoms with Crippen LogP contribution in [0.25, 0.3) is 0 Å². The smallest absolute Gasteiger partial charge is 0.248 e. The fourth-order valence-corrected chi connectivity index (χ4v) is 0.271. The Bertz CT molecular complexity index is 111. The summed E-state index contributed by atoms with van der Waals surface area (Å²) in [6.07, 6.45) is 0.403. The van der Waals surface area contributed by atoms with E-state index >= 15 is 0 Å². The van der Waals surface area contributed by atoms with E-state index in [0.29, 0.717) is 0 Å². The second-order valence-electron chi connectivity index (χ2n) is 1.54. The van der Waals surface area contributed by atoms with Crippen LogP contribution in [0.5, 0.6) is 0 Å². The highest BCUT2D eigenvalue weighted by atomic mass is 16.3. The standard InChI is InChI=1S/C5H8NO3/c1-4(8)5(9)6-2-3-7/h4,8H,2H2,1H3,(H,6,9). The molecule has 0 heterocycles. The molecule has 1 unspecified atom stereocenters. The van der Waals surface area contributed by atoms with E-state index in [0.717, 1.165) is 0 Å². The van der Waals surface area contributed by atoms with Crippen molar-refractivity contribution in [2.24, 2.45) is 0 Å². The summed E-state index contributed by atoms with van der Waals surface area (Å²) >= 11 is 0. The number of amides is 1. The number of hydrogen-bond donors (Lipinski definition) is 2. The molecule has 2 N–H and O–H groups in total. The number of nitrogens with one attached hydrogen (secondary N) is 1. The van der Waals surface area contributed by atoms with Gasteiger partial charge in [0, 0.05) is 0 Å². The molecule has 0 spiro atoms. The fourth-order valence-electron chi connectivity index (χ4n) is 0.271. The zero-order chi connectivity index (χ0) is 7.28. The van der Waals surface area contributed by atoms with Crippen LogP contribution in [0, 0.1) is 0 Å². The van der Waals surface area contributed by atoms with Crippen molar-refractivity contribution < 1.29 is 14.7 Å². The Morgan fingerprint density at radius 2 is 2.44 bits per heavy atom. The molecular weight excluding hydrogens is 122 g/mol. The van der Waals surface area contributed by atoms with Gasteiger partial charge >= 0.3 is 0 Å². The maximum absolute atomic E-state index is 10.4. The number of carbonyl (C=O) groups excluding carboxylic acids is 2. The minimum atomic E-state index is -1.06. The molecule has 0 aromatic rings. The van der Waals surface area contributed by atoms with Gasteiger partial charge in [-0.05, 0) is 6.92 Å². The van der Waals surface area contributed by atoms with Gasteiger partial charge in [0.2, 0.25) is 12.2 Å². The monoisotopic (exact) mass is 130 g/mol. The van der Waals surface area contributed by atoms with Crippen LogP contribution >= 0.6 is 0 Å². The highest BCUT2D eigenvalue weighted by molar-refractivity contribution is 5.81. The van der Waals surface area contributed by atoms with Crippen molar-refractivity contribution in [1.82, 2.24) is 5.32 Å². The SMILES string of the molecule is CC(O)C(=O)NC[C]=O. The highest BCUT2D eigenvalue weighted by Crippen LogP contribution is 1.75. The number of hydrogen-bond acceptors (Lipinski definition) is 3. The number of rotatable bonds is 3. The second kappa shape index (κ2) is 4.03. The van der Waals surface area contributed by atoms with Gasteiger partial charge in [-0.25, -0.2) is 0 Å². The maximum atomic E-state index is 10.4. The molecule has 0 aromatic carbocycles. The summed E-state index contributed by atoms with van der Waals surface area (Å²) in [6, 6.07) is 0. The largest absolute Gasteiger partial charge is 0.384 e. The van der Waals surface area contributed by atoms with Crippen molar-refractivity contribution in [2.75, 3.05) is 6.54 Å². The van der Waals surface area contributed by atoms with Crippen molar-refractivity contribution in [2.45, 2.75) is 13.0 Å². The molecular formula is C5H8NO3. The molecule has 51 valence electrons. The van der Waals surface area contributed by atoms with Gasteiger partial charge in [-0.15, -0.1) is 0 Å². The molecule has 4 heteroatoms. The Balaban J connectivity index is 3.38. The first-order valence-electron chi connectivity index (χ1n) is 2.49. The predicted octanol–water partition coefficient (Wildman–Crippen LogP) is -1.41. The lowest BCUT2D eigenvalue weighted by atomic mass is 10.4. The van der Waals surface area contributed by atoms with Crippen molar-refractivity contribution in [1.29, 1.82) is 0 Å². The van der Waals surface area contributed by atoms with Crippen LogP contribution < -0.4 is 5.32 Å². The minimum absolute atomic E-state index is 0.163. The summed E-state index contributed by atoms with van der Waals surface area (Å²) in [5, 5.41) is 10.6. The summed E-state index contributed by atoms with van der Waals surface area (Å²) in [5.41, 5.74) is 0. The van der Waals surface area contributed by atoms with Crippen LogP contribution in [0.2, 0.25) is 0 Å². The van der Waals surface area contributed by atoms with Gasteiger partial charge in [-0.1, -0.05) is 0 Å². The van der Waals surface area contributed by atoms with Crippen molar-refractivity contribution >= 4 is 12.2 Å². The van der Waals surface area contributed by atoms with E-state index in [2.05, 4.69) is 5.32 Å². The molecule has 0 saturated carbocycles. The molecule has 4 nitrogen and oxygen atoms in total. The van der Waals surface area contributed by atoms with Crippen LogP contribution in [0.15, 0.2) is 0 Å². The van der Waals surface area contributed by atoms with Crippen LogP contribution in [0.1, 0.15) is 6.92 Å². The van der Waals surface area contributed by atoms with Gasteiger partial charge in [0.25, 0.3) is 0 Å². The van der Waals surface area contributed by atoms with Gasteiger partial charge < -0.3 is 10.4 Å². The third kappa shape index (κ3) is 3.66. The summed E-state index contributed by atoms with van der Waals surface area (Å²) in [7, 11) is 0. The van der Waals surface area contributed by atoms with E-state index in [1.54, 1.807) is 0 Å². The lowest BCUT2D eigenvalue weighted by molar-refractivity contribution is -0.128. The number of carbonyl (C=O) groups is 1. The zero-order valence-electron chi connectivity index (χ0n) is 5.05. The third-order valence-electron chi connectivity index (χ3n) is 0.714. The first-order valence-corrected chi connectivity index (χ1v) is 2.49. The fraction of sp³-hybridized carbons (Fsp3) is 0.600. The van der Waals surface area contributed by atoms with E-state index in [1.807, 2.05) is 0 Å². The molecule has 0 aliphatic carbocycles. The van der Waals surface area contributed by atoms with E-state index in [1.165, 1.54) is 13.2 Å². The van der Waals surface area contributed by atoms with E-state index < -0.39 is 12.0 Å². The topological polar surface area (TPSA) is 66.4 Å². The van der Waals surface area contributed by atoms with E-state index in [4.69, 9.17) is 5.11 Å². The summed E-state index contributed by atoms with van der Waals surface area (Å²) in [5.74, 6) is -0.557. The minimum Gasteiger partial charge on any atom is -0.384 e. The lowest BCUT2D eigenvalue weighted by Gasteiger charge is -2.00. The van der Waals surface area contributed by atoms with Crippen molar-refractivity contribution in [3.63, 3.8) is 0 Å². The molecule has 0 aliphatic heterocycles. The van der Waals surface area contributed by atoms with Crippen LogP contribution in [-0.2, 0) is 9.59 Å². The van der Waals surface area contributed by atoms with Gasteiger partial charge in [0.05, 0.1) is 6.54 Å². The molecule has 9 heavy (non-hydrogen) atoms. The summed E-state index contributed by atoms with van der Waals surface area (Å²) < 4.78 is 0. The average molecular weight is 130 g/mol. The third-order valence-corrected chi connectivity index (χ3v) is 0.714. The Labute approximate surface area is 52.9 Å². The van der Waals surface area contributed by atoms with Gasteiger partial charge in [0.1, 0.15) is 6.10 Å². The molecule has 0 rings (SSSR count). The Morgan fingerprint density at radius 3 is 2.78 bits per heavy atom. The second-order valence-corrected chi connectivity index (χ2v) is 1.54. The number of aliphatic hydroxyl groups is 1. The van der Waals surface area contributed by atoms with Crippen LogP contribution in [0.3, 0.4) is 0 Å². The zero-order valence-corrected chi connectivity index (χ0v) is 5.05. The maximum Gasteiger partial charge on any atom is 0.248 e. The molecule has 1 atom stereocenters. The predicted molar refractivity (Wildman–Crippen MR) is 30.4 cm³/mol. The first kappa shape index (κ1) is 8.10. The Morgan fingerprint density at radius 1 is 1.89 bits per heavy atom. The molecule has 1 radical (unpaired) electrons. The molecule has 0 aliphatic rings. The summed E-state index contributed by atoms with van der Waals surface area (Å²) in [6.45, 7) is 1.16. The Hall–Kier alpha value is -0.900. The van der Waals surface area contributed by atoms with Gasteiger partial charge in [0.15, 0.2) is 0 Å². The average Bonchev–Trinajstić information content (AvgIpc) is 1.82. The molecule has 1 amide bonds. The van der Waals surface area contributed by atoms with Crippen molar-refractivity contribution in [3.8, 4) is 0 Å². The first-order chi connectivity index (χ1) is 4.18. The van der Waals surface area contributed by atoms with E-state index in [-0.39, 0.29) is 6.54 Å². The Kier molecular flexibility index (Phi) is 3.62. The molecule has 0 fully saturated rings. The van der Waals surface area contributed by atoms with Gasteiger partial charge in [-0.3, -0.25) is 9.59 Å². The molecule has 0 saturated heterocycles. The molecule has 0 bridgehead atoms. The molecule has 0 aromatic heterocycles. The van der Waals surface area contributed by atoms with Crippen molar-refractivity contribution in [3.05, 3.63) is 0 Å². The lowest BCUT2D eigenvalue weighted by Crippen LogP contribution is -2.33. The van der Waals surface area contributed by atoms with E-state index in [9.17, 15) is 9.59 Å². The summed E-state index contributed by atoms with van der Waals surface area (Å²) in [4.78, 5) is 19.9. The van der Waals surface area contributed by atoms with Crippen LogP contribution in [0.4, 0.5) is 0 Å². The normalized spacial score (nSPS) is 12.2.